The van der Waals surface area contributed by atoms with Crippen LogP contribution in [-0.4, -0.2) is 44.3 Å². The Bertz CT molecular complexity index is 1210. The standard InChI is InChI=1S/C23H27F2N5O3/c1-11-6-17(19-29-30-21(33-19)27-14-9-23(32,10-14)20(24)25)28-18-15(11)7-13(26-12(2)31)8-16(18)22(3,4)5/h6-8,14,20,32H,9-10H2,1-5H3,(H,26,31)(H,27,30)/t14-,23+. The molecule has 1 aliphatic carbocycles. The Hall–Kier alpha value is -3.14. The van der Waals surface area contributed by atoms with E-state index >= 15 is 0 Å². The summed E-state index contributed by atoms with van der Waals surface area (Å²) in [4.78, 5) is 16.4. The fourth-order valence-corrected chi connectivity index (χ4v) is 4.08. The van der Waals surface area contributed by atoms with Gasteiger partial charge in [0.05, 0.1) is 5.52 Å². The van der Waals surface area contributed by atoms with Gasteiger partial charge in [-0.05, 0) is 41.7 Å². The number of amides is 1. The smallest absolute Gasteiger partial charge is 0.316 e. The quantitative estimate of drug-likeness (QED) is 0.518. The number of carbonyl (C=O) groups is 1. The van der Waals surface area contributed by atoms with Crippen LogP contribution >= 0.6 is 0 Å². The van der Waals surface area contributed by atoms with Gasteiger partial charge >= 0.3 is 6.01 Å². The highest BCUT2D eigenvalue weighted by molar-refractivity contribution is 5.95. The average molecular weight is 459 g/mol. The Morgan fingerprint density at radius 1 is 1.24 bits per heavy atom. The number of nitrogens with one attached hydrogen (secondary N) is 2. The van der Waals surface area contributed by atoms with Crippen LogP contribution in [0.15, 0.2) is 22.6 Å². The minimum Gasteiger partial charge on any atom is -0.402 e. The summed E-state index contributed by atoms with van der Waals surface area (Å²) in [5, 5.41) is 24.4. The molecule has 10 heteroatoms. The number of aromatic nitrogens is 3. The highest BCUT2D eigenvalue weighted by Gasteiger charge is 2.50. The van der Waals surface area contributed by atoms with E-state index in [2.05, 4.69) is 41.6 Å². The molecule has 0 bridgehead atoms. The molecule has 2 heterocycles. The number of aliphatic hydroxyl groups is 1. The van der Waals surface area contributed by atoms with Crippen molar-refractivity contribution in [3.8, 4) is 11.6 Å². The van der Waals surface area contributed by atoms with Crippen LogP contribution in [0.25, 0.3) is 22.5 Å². The van der Waals surface area contributed by atoms with Crippen molar-refractivity contribution in [3.63, 3.8) is 0 Å². The van der Waals surface area contributed by atoms with E-state index < -0.39 is 12.0 Å². The average Bonchev–Trinajstić information content (AvgIpc) is 3.13. The summed E-state index contributed by atoms with van der Waals surface area (Å²) in [5.41, 5.74) is 1.60. The third kappa shape index (κ3) is 4.52. The fraction of sp³-hybridized carbons (Fsp3) is 0.478. The van der Waals surface area contributed by atoms with Gasteiger partial charge in [-0.15, -0.1) is 5.10 Å². The molecule has 0 unspecified atom stereocenters. The molecule has 1 amide bonds. The Balaban J connectivity index is 1.66. The van der Waals surface area contributed by atoms with Crippen molar-refractivity contribution in [3.05, 3.63) is 29.3 Å². The van der Waals surface area contributed by atoms with Gasteiger partial charge in [0.25, 0.3) is 12.3 Å². The summed E-state index contributed by atoms with van der Waals surface area (Å²) in [6, 6.07) is 5.34. The minimum atomic E-state index is -2.79. The van der Waals surface area contributed by atoms with Crippen LogP contribution in [0.4, 0.5) is 20.5 Å². The summed E-state index contributed by atoms with van der Waals surface area (Å²) in [5.74, 6) is 0.0394. The minimum absolute atomic E-state index is 0.0860. The number of hydrogen-bond acceptors (Lipinski definition) is 7. The molecule has 33 heavy (non-hydrogen) atoms. The van der Waals surface area contributed by atoms with Crippen molar-refractivity contribution in [1.29, 1.82) is 0 Å². The fourth-order valence-electron chi connectivity index (χ4n) is 4.08. The number of benzene rings is 1. The van der Waals surface area contributed by atoms with Gasteiger partial charge in [-0.1, -0.05) is 25.9 Å². The second kappa shape index (κ2) is 8.02. The maximum absolute atomic E-state index is 12.8. The zero-order chi connectivity index (χ0) is 24.1. The van der Waals surface area contributed by atoms with E-state index in [4.69, 9.17) is 9.40 Å². The zero-order valence-electron chi connectivity index (χ0n) is 19.2. The Morgan fingerprint density at radius 3 is 2.55 bits per heavy atom. The van der Waals surface area contributed by atoms with E-state index in [0.29, 0.717) is 11.4 Å². The lowest BCUT2D eigenvalue weighted by Crippen LogP contribution is -2.55. The van der Waals surface area contributed by atoms with Gasteiger partial charge in [-0.3, -0.25) is 4.79 Å². The maximum atomic E-state index is 12.8. The van der Waals surface area contributed by atoms with Gasteiger partial charge in [0, 0.05) is 36.9 Å². The molecular formula is C23H27F2N5O3. The van der Waals surface area contributed by atoms with Crippen molar-refractivity contribution in [2.24, 2.45) is 0 Å². The van der Waals surface area contributed by atoms with Crippen LogP contribution in [0.3, 0.4) is 0 Å². The molecule has 1 fully saturated rings. The first-order valence-electron chi connectivity index (χ1n) is 10.7. The summed E-state index contributed by atoms with van der Waals surface area (Å²) in [6.07, 6.45) is -2.98. The van der Waals surface area contributed by atoms with Gasteiger partial charge < -0.3 is 20.2 Å². The first kappa shape index (κ1) is 23.0. The number of fused-ring (bicyclic) bond motifs is 1. The van der Waals surface area contributed by atoms with Crippen LogP contribution in [0.5, 0.6) is 0 Å². The van der Waals surface area contributed by atoms with Crippen LogP contribution in [0.2, 0.25) is 0 Å². The molecule has 3 N–H and O–H groups in total. The van der Waals surface area contributed by atoms with E-state index in [-0.39, 0.29) is 42.1 Å². The van der Waals surface area contributed by atoms with E-state index in [9.17, 15) is 18.7 Å². The molecule has 0 aliphatic heterocycles. The third-order valence-corrected chi connectivity index (χ3v) is 5.83. The molecule has 1 saturated carbocycles. The molecule has 8 nitrogen and oxygen atoms in total. The number of halogens is 2. The van der Waals surface area contributed by atoms with Gasteiger partial charge in [0.1, 0.15) is 11.3 Å². The van der Waals surface area contributed by atoms with Gasteiger partial charge in [-0.25, -0.2) is 13.8 Å². The third-order valence-electron chi connectivity index (χ3n) is 5.83. The lowest BCUT2D eigenvalue weighted by molar-refractivity contribution is -0.148. The van der Waals surface area contributed by atoms with Gasteiger partial charge in [0.2, 0.25) is 5.91 Å². The van der Waals surface area contributed by atoms with Crippen LogP contribution in [-0.2, 0) is 10.2 Å². The largest absolute Gasteiger partial charge is 0.402 e. The first-order valence-corrected chi connectivity index (χ1v) is 10.7. The molecule has 0 spiro atoms. The second-order valence-electron chi connectivity index (χ2n) is 9.74. The van der Waals surface area contributed by atoms with Crippen LogP contribution in [0, 0.1) is 6.92 Å². The summed E-state index contributed by atoms with van der Waals surface area (Å²) in [7, 11) is 0. The first-order chi connectivity index (χ1) is 15.4. The normalized spacial score (nSPS) is 20.7. The van der Waals surface area contributed by atoms with E-state index in [0.717, 1.165) is 22.0 Å². The molecule has 4 rings (SSSR count). The molecule has 1 aliphatic rings. The molecule has 0 atom stereocenters. The van der Waals surface area contributed by atoms with Gasteiger partial charge in [-0.2, -0.15) is 0 Å². The highest BCUT2D eigenvalue weighted by atomic mass is 19.3. The Morgan fingerprint density at radius 2 is 1.94 bits per heavy atom. The Labute approximate surface area is 189 Å². The highest BCUT2D eigenvalue weighted by Crippen LogP contribution is 2.39. The number of pyridine rings is 1. The van der Waals surface area contributed by atoms with Crippen molar-refractivity contribution in [2.75, 3.05) is 10.6 Å². The molecule has 3 aromatic rings. The molecule has 0 saturated heterocycles. The SMILES string of the molecule is CC(=O)Nc1cc(C(C)(C)C)c2nc(-c3nnc(N[C@H]4C[C@](O)(C(F)F)C4)o3)cc(C)c2c1. The van der Waals surface area contributed by atoms with E-state index in [1.165, 1.54) is 6.92 Å². The van der Waals surface area contributed by atoms with Crippen LogP contribution < -0.4 is 10.6 Å². The topological polar surface area (TPSA) is 113 Å². The van der Waals surface area contributed by atoms with Crippen molar-refractivity contribution in [1.82, 2.24) is 15.2 Å². The molecule has 0 radical (unpaired) electrons. The zero-order valence-corrected chi connectivity index (χ0v) is 19.2. The monoisotopic (exact) mass is 459 g/mol. The second-order valence-corrected chi connectivity index (χ2v) is 9.74. The number of alkyl halides is 2. The predicted octanol–water partition coefficient (Wildman–Crippen LogP) is 4.42. The lowest BCUT2D eigenvalue weighted by atomic mass is 9.76. The lowest BCUT2D eigenvalue weighted by Gasteiger charge is -2.42. The molecule has 1 aromatic carbocycles. The van der Waals surface area contributed by atoms with Crippen LogP contribution in [0.1, 0.15) is 51.7 Å². The number of hydrogen-bond donors (Lipinski definition) is 3. The van der Waals surface area contributed by atoms with Gasteiger partial charge in [0.15, 0.2) is 0 Å². The summed E-state index contributed by atoms with van der Waals surface area (Å²) in [6.45, 7) is 9.60. The Kier molecular flexibility index (Phi) is 5.60. The van der Waals surface area contributed by atoms with Crippen molar-refractivity contribution < 1.29 is 23.1 Å². The maximum Gasteiger partial charge on any atom is 0.316 e. The van der Waals surface area contributed by atoms with Crippen molar-refractivity contribution in [2.45, 2.75) is 70.9 Å². The summed E-state index contributed by atoms with van der Waals surface area (Å²) < 4.78 is 31.3. The molecule has 2 aromatic heterocycles. The predicted molar refractivity (Wildman–Crippen MR) is 120 cm³/mol. The molecular weight excluding hydrogens is 432 g/mol. The van der Waals surface area contributed by atoms with E-state index in [1.807, 2.05) is 25.1 Å². The van der Waals surface area contributed by atoms with Crippen molar-refractivity contribution >= 4 is 28.5 Å². The summed E-state index contributed by atoms with van der Waals surface area (Å²) >= 11 is 0. The number of aryl methyl sites for hydroxylation is 1. The molecule has 176 valence electrons. The number of rotatable bonds is 5. The number of carbonyl (C=O) groups excluding carboxylic acids is 1. The number of nitrogens with zero attached hydrogens (tertiary/aromatic N) is 3. The number of anilines is 2. The van der Waals surface area contributed by atoms with E-state index in [1.54, 1.807) is 0 Å².